The fourth-order valence-electron chi connectivity index (χ4n) is 3.58. The van der Waals surface area contributed by atoms with E-state index in [0.29, 0.717) is 18.4 Å². The van der Waals surface area contributed by atoms with Crippen molar-refractivity contribution in [2.75, 3.05) is 13.2 Å². The highest BCUT2D eigenvalue weighted by Crippen LogP contribution is 2.19. The molecule has 180 valence electrons. The Morgan fingerprint density at radius 3 is 2.30 bits per heavy atom. The first-order valence-corrected chi connectivity index (χ1v) is 10.4. The first-order valence-electron chi connectivity index (χ1n) is 10.4. The van der Waals surface area contributed by atoms with Gasteiger partial charge in [0.25, 0.3) is 0 Å². The predicted octanol–water partition coefficient (Wildman–Crippen LogP) is -1.93. The first kappa shape index (κ1) is 25.7. The Balaban J connectivity index is 2.17. The normalized spacial score (nSPS) is 18.1. The molecule has 12 nitrogen and oxygen atoms in total. The second-order valence-electron chi connectivity index (χ2n) is 7.73. The third-order valence-corrected chi connectivity index (χ3v) is 5.26. The fraction of sp³-hybridized carbons (Fsp3) is 0.476. The number of rotatable bonds is 11. The van der Waals surface area contributed by atoms with E-state index in [1.54, 1.807) is 30.3 Å². The number of hydrogen-bond acceptors (Lipinski definition) is 7. The molecule has 1 aromatic rings. The van der Waals surface area contributed by atoms with Gasteiger partial charge >= 0.3 is 11.9 Å². The number of carbonyl (C=O) groups is 5. The number of hydrogen-bond donors (Lipinski definition) is 6. The second-order valence-corrected chi connectivity index (χ2v) is 7.73. The van der Waals surface area contributed by atoms with Crippen LogP contribution in [-0.2, 0) is 30.4 Å². The molecule has 33 heavy (non-hydrogen) atoms. The molecule has 2 rings (SSSR count). The van der Waals surface area contributed by atoms with Gasteiger partial charge in [0, 0.05) is 13.0 Å². The summed E-state index contributed by atoms with van der Waals surface area (Å²) in [6.07, 6.45) is 0.242. The largest absolute Gasteiger partial charge is 0.481 e. The molecular formula is C21H28N4O8. The lowest BCUT2D eigenvalue weighted by atomic mass is 10.0. The molecule has 12 heteroatoms. The van der Waals surface area contributed by atoms with Crippen molar-refractivity contribution in [1.29, 1.82) is 0 Å². The van der Waals surface area contributed by atoms with E-state index in [1.165, 1.54) is 4.90 Å². The predicted molar refractivity (Wildman–Crippen MR) is 114 cm³/mol. The number of aliphatic carboxylic acids is 2. The highest BCUT2D eigenvalue weighted by atomic mass is 16.4. The van der Waals surface area contributed by atoms with Crippen LogP contribution >= 0.6 is 0 Å². The van der Waals surface area contributed by atoms with Crippen LogP contribution < -0.4 is 16.4 Å². The van der Waals surface area contributed by atoms with Crippen LogP contribution in [0.25, 0.3) is 0 Å². The van der Waals surface area contributed by atoms with Gasteiger partial charge in [-0.15, -0.1) is 0 Å². The van der Waals surface area contributed by atoms with Crippen LogP contribution in [0, 0.1) is 0 Å². The molecule has 0 saturated carbocycles. The minimum absolute atomic E-state index is 0.0371. The van der Waals surface area contributed by atoms with E-state index >= 15 is 0 Å². The molecule has 4 unspecified atom stereocenters. The molecule has 0 spiro atoms. The van der Waals surface area contributed by atoms with Gasteiger partial charge < -0.3 is 36.6 Å². The summed E-state index contributed by atoms with van der Waals surface area (Å²) in [5.41, 5.74) is 6.35. The van der Waals surface area contributed by atoms with Crippen molar-refractivity contribution < 1.29 is 39.3 Å². The van der Waals surface area contributed by atoms with Gasteiger partial charge in [-0.05, 0) is 18.4 Å². The summed E-state index contributed by atoms with van der Waals surface area (Å²) in [6, 6.07) is 3.71. The van der Waals surface area contributed by atoms with Crippen molar-refractivity contribution in [3.05, 3.63) is 35.9 Å². The molecule has 1 aliphatic heterocycles. The van der Waals surface area contributed by atoms with E-state index in [4.69, 9.17) is 15.9 Å². The number of likely N-dealkylation sites (tertiary alicyclic amines) is 1. The number of carboxylic acid groups (broad SMARTS) is 2. The summed E-state index contributed by atoms with van der Waals surface area (Å²) in [6.45, 7) is -0.620. The SMILES string of the molecule is NC(CC(=O)O)C(=O)N1CCCC1C(=O)NC(Cc1ccccc1)C(=O)NC(CO)C(=O)O. The molecule has 7 N–H and O–H groups in total. The standard InChI is InChI=1S/C21H28N4O8/c22-13(10-17(27)28)20(31)25-8-4-7-16(25)19(30)23-14(9-12-5-2-1-3-6-12)18(29)24-15(11-26)21(32)33/h1-3,5-6,13-16,26H,4,7-11,22H2,(H,23,30)(H,24,29)(H,27,28)(H,32,33). The minimum Gasteiger partial charge on any atom is -0.481 e. The number of carboxylic acids is 2. The Morgan fingerprint density at radius 2 is 1.73 bits per heavy atom. The maximum absolute atomic E-state index is 13.0. The highest BCUT2D eigenvalue weighted by Gasteiger charge is 2.38. The van der Waals surface area contributed by atoms with Crippen LogP contribution in [0.2, 0.25) is 0 Å². The Kier molecular flexibility index (Phi) is 9.30. The van der Waals surface area contributed by atoms with E-state index in [9.17, 15) is 29.1 Å². The van der Waals surface area contributed by atoms with Crippen molar-refractivity contribution in [3.63, 3.8) is 0 Å². The van der Waals surface area contributed by atoms with Gasteiger partial charge in [-0.25, -0.2) is 4.79 Å². The Bertz CT molecular complexity index is 878. The van der Waals surface area contributed by atoms with E-state index in [2.05, 4.69) is 10.6 Å². The van der Waals surface area contributed by atoms with Gasteiger partial charge in [0.05, 0.1) is 19.1 Å². The summed E-state index contributed by atoms with van der Waals surface area (Å²) in [5, 5.41) is 31.9. The summed E-state index contributed by atoms with van der Waals surface area (Å²) in [5.74, 6) is -4.81. The van der Waals surface area contributed by atoms with E-state index < -0.39 is 66.9 Å². The van der Waals surface area contributed by atoms with Crippen molar-refractivity contribution in [2.45, 2.75) is 49.9 Å². The Labute approximate surface area is 189 Å². The zero-order chi connectivity index (χ0) is 24.5. The monoisotopic (exact) mass is 464 g/mol. The van der Waals surface area contributed by atoms with Crippen LogP contribution in [0.1, 0.15) is 24.8 Å². The van der Waals surface area contributed by atoms with E-state index in [-0.39, 0.29) is 13.0 Å². The molecule has 3 amide bonds. The smallest absolute Gasteiger partial charge is 0.328 e. The van der Waals surface area contributed by atoms with Crippen LogP contribution in [0.5, 0.6) is 0 Å². The van der Waals surface area contributed by atoms with Gasteiger partial charge in [0.1, 0.15) is 18.1 Å². The molecule has 0 aromatic heterocycles. The number of benzene rings is 1. The first-order chi connectivity index (χ1) is 15.6. The summed E-state index contributed by atoms with van der Waals surface area (Å²) in [4.78, 5) is 61.5. The lowest BCUT2D eigenvalue weighted by molar-refractivity contribution is -0.144. The maximum atomic E-state index is 13.0. The molecular weight excluding hydrogens is 436 g/mol. The molecule has 0 radical (unpaired) electrons. The quantitative estimate of drug-likeness (QED) is 0.216. The topological polar surface area (TPSA) is 199 Å². The number of nitrogens with two attached hydrogens (primary N) is 1. The van der Waals surface area contributed by atoms with Crippen LogP contribution in [-0.4, -0.2) is 87.2 Å². The fourth-order valence-corrected chi connectivity index (χ4v) is 3.58. The molecule has 1 saturated heterocycles. The van der Waals surface area contributed by atoms with Crippen LogP contribution in [0.3, 0.4) is 0 Å². The van der Waals surface area contributed by atoms with Gasteiger partial charge in [0.15, 0.2) is 0 Å². The zero-order valence-corrected chi connectivity index (χ0v) is 17.8. The van der Waals surface area contributed by atoms with Crippen molar-refractivity contribution in [2.24, 2.45) is 5.73 Å². The summed E-state index contributed by atoms with van der Waals surface area (Å²) >= 11 is 0. The summed E-state index contributed by atoms with van der Waals surface area (Å²) in [7, 11) is 0. The molecule has 1 aliphatic rings. The molecule has 0 bridgehead atoms. The lowest BCUT2D eigenvalue weighted by Crippen LogP contribution is -2.57. The number of nitrogens with zero attached hydrogens (tertiary/aromatic N) is 1. The number of aliphatic hydroxyl groups is 1. The lowest BCUT2D eigenvalue weighted by Gasteiger charge is -2.28. The third kappa shape index (κ3) is 7.26. The van der Waals surface area contributed by atoms with Gasteiger partial charge in [-0.1, -0.05) is 30.3 Å². The maximum Gasteiger partial charge on any atom is 0.328 e. The second kappa shape index (κ2) is 11.9. The average molecular weight is 464 g/mol. The van der Waals surface area contributed by atoms with Gasteiger partial charge in [0.2, 0.25) is 17.7 Å². The number of nitrogens with one attached hydrogen (secondary N) is 2. The molecule has 4 atom stereocenters. The van der Waals surface area contributed by atoms with Crippen LogP contribution in [0.4, 0.5) is 0 Å². The van der Waals surface area contributed by atoms with E-state index in [0.717, 1.165) is 0 Å². The number of carbonyl (C=O) groups excluding carboxylic acids is 3. The highest BCUT2D eigenvalue weighted by molar-refractivity contribution is 5.95. The number of aliphatic hydroxyl groups excluding tert-OH is 1. The average Bonchev–Trinajstić information content (AvgIpc) is 3.26. The number of amides is 3. The molecule has 0 aliphatic carbocycles. The molecule has 1 aromatic carbocycles. The minimum atomic E-state index is -1.55. The van der Waals surface area contributed by atoms with Crippen molar-refractivity contribution in [1.82, 2.24) is 15.5 Å². The Morgan fingerprint density at radius 1 is 1.06 bits per heavy atom. The third-order valence-electron chi connectivity index (χ3n) is 5.26. The van der Waals surface area contributed by atoms with Crippen molar-refractivity contribution >= 4 is 29.7 Å². The van der Waals surface area contributed by atoms with E-state index in [1.807, 2.05) is 0 Å². The van der Waals surface area contributed by atoms with Gasteiger partial charge in [-0.2, -0.15) is 0 Å². The summed E-state index contributed by atoms with van der Waals surface area (Å²) < 4.78 is 0. The zero-order valence-electron chi connectivity index (χ0n) is 17.8. The molecule has 1 fully saturated rings. The Hall–Kier alpha value is -3.51. The van der Waals surface area contributed by atoms with Crippen molar-refractivity contribution in [3.8, 4) is 0 Å². The van der Waals surface area contributed by atoms with Gasteiger partial charge in [-0.3, -0.25) is 19.2 Å². The molecule has 1 heterocycles. The van der Waals surface area contributed by atoms with Crippen LogP contribution in [0.15, 0.2) is 30.3 Å².